The molecule has 40 heavy (non-hydrogen) atoms. The average Bonchev–Trinajstić information content (AvgIpc) is 2.96. The molecule has 0 aromatic heterocycles. The number of hydrogen-bond acceptors (Lipinski definition) is 3. The third kappa shape index (κ3) is 28.4. The van der Waals surface area contributed by atoms with Crippen molar-refractivity contribution in [3.63, 3.8) is 0 Å². The number of rotatable bonds is 31. The second-order valence-electron chi connectivity index (χ2n) is 11.9. The Balaban J connectivity index is 3.65. The number of aliphatic hydroxyl groups excluding tert-OH is 2. The van der Waals surface area contributed by atoms with Crippen LogP contribution in [0.15, 0.2) is 24.3 Å². The third-order valence-electron chi connectivity index (χ3n) is 7.98. The molecule has 0 aliphatic heterocycles. The molecule has 0 spiro atoms. The maximum Gasteiger partial charge on any atom is 0.220 e. The fourth-order valence-electron chi connectivity index (χ4n) is 5.23. The van der Waals surface area contributed by atoms with E-state index >= 15 is 0 Å². The fraction of sp³-hybridized carbons (Fsp3) is 0.861. The van der Waals surface area contributed by atoms with Crippen LogP contribution >= 0.6 is 0 Å². The van der Waals surface area contributed by atoms with Gasteiger partial charge in [0.15, 0.2) is 0 Å². The van der Waals surface area contributed by atoms with Gasteiger partial charge in [-0.3, -0.25) is 4.79 Å². The Morgan fingerprint density at radius 2 is 1.02 bits per heavy atom. The van der Waals surface area contributed by atoms with Crippen LogP contribution in [0.2, 0.25) is 0 Å². The van der Waals surface area contributed by atoms with E-state index in [0.29, 0.717) is 19.3 Å². The zero-order chi connectivity index (χ0) is 29.4. The molecule has 0 radical (unpaired) electrons. The lowest BCUT2D eigenvalue weighted by molar-refractivity contribution is -0.123. The number of carbonyl (C=O) groups is 1. The van der Waals surface area contributed by atoms with Crippen molar-refractivity contribution >= 4 is 5.91 Å². The Labute approximate surface area is 249 Å². The molecule has 0 aromatic carbocycles. The first kappa shape index (κ1) is 38.9. The molecule has 0 bridgehead atoms. The number of hydrogen-bond donors (Lipinski definition) is 3. The zero-order valence-electron chi connectivity index (χ0n) is 26.9. The van der Waals surface area contributed by atoms with Gasteiger partial charge < -0.3 is 15.5 Å². The van der Waals surface area contributed by atoms with Crippen molar-refractivity contribution in [1.29, 1.82) is 0 Å². The highest BCUT2D eigenvalue weighted by atomic mass is 16.3. The number of amides is 1. The summed E-state index contributed by atoms with van der Waals surface area (Å²) in [6.45, 7) is 4.31. The summed E-state index contributed by atoms with van der Waals surface area (Å²) in [5, 5.41) is 22.9. The number of nitrogens with one attached hydrogen (secondary N) is 1. The van der Waals surface area contributed by atoms with Crippen LogP contribution in [0.3, 0.4) is 0 Å². The number of carbonyl (C=O) groups excluding carboxylic acids is 1. The summed E-state index contributed by atoms with van der Waals surface area (Å²) in [4.78, 5) is 12.2. The molecule has 0 saturated heterocycles. The normalized spacial score (nSPS) is 13.4. The standard InChI is InChI=1S/C36H69NO3/c1-3-5-7-9-11-13-15-17-18-20-21-23-25-27-29-31-35(39)34(33-38)37-36(40)32-30-28-26-24-22-19-16-14-12-10-8-6-4-2/h19,22,26,28,34-35,38-39H,3-18,20-21,23-25,27,29-33H2,1-2H3,(H,37,40)/b22-19-,28-26-. The Hall–Kier alpha value is -1.13. The summed E-state index contributed by atoms with van der Waals surface area (Å²) in [6, 6.07) is -0.562. The van der Waals surface area contributed by atoms with Crippen molar-refractivity contribution in [2.45, 2.75) is 193 Å². The summed E-state index contributed by atoms with van der Waals surface area (Å²) in [7, 11) is 0. The molecule has 4 heteroatoms. The van der Waals surface area contributed by atoms with E-state index in [9.17, 15) is 15.0 Å². The van der Waals surface area contributed by atoms with Crippen molar-refractivity contribution in [2.24, 2.45) is 0 Å². The molecule has 1 amide bonds. The molecular weight excluding hydrogens is 494 g/mol. The molecule has 0 saturated carbocycles. The van der Waals surface area contributed by atoms with Gasteiger partial charge in [0.1, 0.15) is 0 Å². The van der Waals surface area contributed by atoms with Gasteiger partial charge in [-0.25, -0.2) is 0 Å². The molecule has 236 valence electrons. The van der Waals surface area contributed by atoms with E-state index in [4.69, 9.17) is 0 Å². The van der Waals surface area contributed by atoms with E-state index in [0.717, 1.165) is 25.7 Å². The summed E-state index contributed by atoms with van der Waals surface area (Å²) < 4.78 is 0. The molecule has 2 unspecified atom stereocenters. The lowest BCUT2D eigenvalue weighted by atomic mass is 10.0. The molecule has 0 aromatic rings. The van der Waals surface area contributed by atoms with Crippen molar-refractivity contribution in [3.05, 3.63) is 24.3 Å². The van der Waals surface area contributed by atoms with Crippen molar-refractivity contribution < 1.29 is 15.0 Å². The van der Waals surface area contributed by atoms with E-state index in [-0.39, 0.29) is 12.5 Å². The number of aliphatic hydroxyl groups is 2. The highest BCUT2D eigenvalue weighted by Crippen LogP contribution is 2.15. The smallest absolute Gasteiger partial charge is 0.220 e. The predicted molar refractivity (Wildman–Crippen MR) is 175 cm³/mol. The minimum Gasteiger partial charge on any atom is -0.394 e. The van der Waals surface area contributed by atoms with Crippen LogP contribution in [0.25, 0.3) is 0 Å². The number of unbranched alkanes of at least 4 members (excludes halogenated alkanes) is 20. The maximum atomic E-state index is 12.2. The molecule has 0 heterocycles. The van der Waals surface area contributed by atoms with Crippen LogP contribution in [0.1, 0.15) is 181 Å². The average molecular weight is 564 g/mol. The molecule has 4 nitrogen and oxygen atoms in total. The van der Waals surface area contributed by atoms with Gasteiger partial charge in [-0.15, -0.1) is 0 Å². The Bertz CT molecular complexity index is 574. The highest BCUT2D eigenvalue weighted by Gasteiger charge is 2.19. The molecule has 0 aliphatic rings. The Kier molecular flexibility index (Phi) is 31.5. The molecule has 0 rings (SSSR count). The summed E-state index contributed by atoms with van der Waals surface area (Å²) in [6.07, 6.45) is 39.5. The SMILES string of the molecule is CCCCCCCC/C=C\C/C=C\CCC(=O)NC(CO)C(O)CCCCCCCCCCCCCCCCC. The minimum atomic E-state index is -0.678. The van der Waals surface area contributed by atoms with Gasteiger partial charge in [0.2, 0.25) is 5.91 Å². The Morgan fingerprint density at radius 1 is 0.600 bits per heavy atom. The van der Waals surface area contributed by atoms with Gasteiger partial charge in [0.25, 0.3) is 0 Å². The van der Waals surface area contributed by atoms with E-state index in [1.807, 2.05) is 0 Å². The second kappa shape index (κ2) is 32.4. The fourth-order valence-corrected chi connectivity index (χ4v) is 5.23. The van der Waals surface area contributed by atoms with Crippen molar-refractivity contribution in [3.8, 4) is 0 Å². The van der Waals surface area contributed by atoms with Crippen molar-refractivity contribution in [1.82, 2.24) is 5.32 Å². The first-order valence-electron chi connectivity index (χ1n) is 17.5. The van der Waals surface area contributed by atoms with E-state index in [1.165, 1.54) is 122 Å². The topological polar surface area (TPSA) is 69.6 Å². The van der Waals surface area contributed by atoms with E-state index in [1.54, 1.807) is 0 Å². The number of allylic oxidation sites excluding steroid dienone is 4. The van der Waals surface area contributed by atoms with Gasteiger partial charge in [-0.05, 0) is 32.1 Å². The summed E-state index contributed by atoms with van der Waals surface area (Å²) in [5.41, 5.74) is 0. The van der Waals surface area contributed by atoms with Crippen LogP contribution in [0, 0.1) is 0 Å². The largest absolute Gasteiger partial charge is 0.394 e. The van der Waals surface area contributed by atoms with Gasteiger partial charge >= 0.3 is 0 Å². The van der Waals surface area contributed by atoms with Gasteiger partial charge in [0, 0.05) is 6.42 Å². The van der Waals surface area contributed by atoms with Gasteiger partial charge in [-0.2, -0.15) is 0 Å². The van der Waals surface area contributed by atoms with E-state index in [2.05, 4.69) is 43.5 Å². The van der Waals surface area contributed by atoms with Gasteiger partial charge in [-0.1, -0.05) is 167 Å². The molecule has 0 fully saturated rings. The first-order chi connectivity index (χ1) is 19.7. The van der Waals surface area contributed by atoms with Crippen molar-refractivity contribution in [2.75, 3.05) is 6.61 Å². The second-order valence-corrected chi connectivity index (χ2v) is 11.9. The third-order valence-corrected chi connectivity index (χ3v) is 7.98. The molecule has 3 N–H and O–H groups in total. The molecule has 2 atom stereocenters. The lowest BCUT2D eigenvalue weighted by Gasteiger charge is -2.22. The van der Waals surface area contributed by atoms with Crippen LogP contribution in [0.5, 0.6) is 0 Å². The van der Waals surface area contributed by atoms with Crippen LogP contribution in [0.4, 0.5) is 0 Å². The summed E-state index contributed by atoms with van der Waals surface area (Å²) in [5.74, 6) is -0.0992. The minimum absolute atomic E-state index is 0.0992. The molecular formula is C36H69NO3. The first-order valence-corrected chi connectivity index (χ1v) is 17.5. The molecule has 0 aliphatic carbocycles. The Morgan fingerprint density at radius 3 is 1.50 bits per heavy atom. The van der Waals surface area contributed by atoms with Gasteiger partial charge in [0.05, 0.1) is 18.8 Å². The monoisotopic (exact) mass is 564 g/mol. The van der Waals surface area contributed by atoms with Crippen LogP contribution in [-0.2, 0) is 4.79 Å². The van der Waals surface area contributed by atoms with Crippen LogP contribution in [-0.4, -0.2) is 34.9 Å². The highest BCUT2D eigenvalue weighted by molar-refractivity contribution is 5.76. The van der Waals surface area contributed by atoms with Crippen LogP contribution < -0.4 is 5.32 Å². The summed E-state index contributed by atoms with van der Waals surface area (Å²) >= 11 is 0. The lowest BCUT2D eigenvalue weighted by Crippen LogP contribution is -2.45. The quantitative estimate of drug-likeness (QED) is 0.0580. The van der Waals surface area contributed by atoms with E-state index < -0.39 is 12.1 Å². The maximum absolute atomic E-state index is 12.2. The predicted octanol–water partition coefficient (Wildman–Crippen LogP) is 10.1. The zero-order valence-corrected chi connectivity index (χ0v) is 26.9.